The first-order valence-corrected chi connectivity index (χ1v) is 12.2. The minimum Gasteiger partial charge on any atom is -0.474 e. The van der Waals surface area contributed by atoms with Crippen molar-refractivity contribution >= 4 is 27.6 Å². The summed E-state index contributed by atoms with van der Waals surface area (Å²) in [6.07, 6.45) is -1.86. The van der Waals surface area contributed by atoms with Crippen LogP contribution in [0.3, 0.4) is 0 Å². The molecule has 0 saturated heterocycles. The number of esters is 1. The third-order valence-corrected chi connectivity index (χ3v) is 7.72. The van der Waals surface area contributed by atoms with Gasteiger partial charge in [-0.05, 0) is 56.5 Å². The van der Waals surface area contributed by atoms with Crippen LogP contribution in [0, 0.1) is 0 Å². The third-order valence-electron chi connectivity index (χ3n) is 5.89. The first-order chi connectivity index (χ1) is 16.5. The molecule has 188 valence electrons. The van der Waals surface area contributed by atoms with Gasteiger partial charge in [0.2, 0.25) is 5.88 Å². The van der Waals surface area contributed by atoms with E-state index in [0.717, 1.165) is 22.9 Å². The number of alkyl halides is 3. The lowest BCUT2D eigenvalue weighted by atomic mass is 9.76. The molecule has 1 amide bonds. The Kier molecular flexibility index (Phi) is 6.38. The average molecular weight is 513 g/mol. The smallest absolute Gasteiger partial charge is 0.416 e. The standard InChI is InChI=1S/C22H22F3N3O6S/c1-2-33-20(30)21(8-3-9-21)27-18(29)14-12-17-19(26-13-14)34-11-10-28(17)35(31,32)16-6-4-15(5-7-16)22(23,24)25/h4-7,12-13H,2-3,8-11H2,1H3,(H,27,29). The van der Waals surface area contributed by atoms with E-state index in [1.54, 1.807) is 6.92 Å². The van der Waals surface area contributed by atoms with Gasteiger partial charge in [0.15, 0.2) is 0 Å². The lowest BCUT2D eigenvalue weighted by Crippen LogP contribution is -2.59. The van der Waals surface area contributed by atoms with Crippen LogP contribution in [0.25, 0.3) is 0 Å². The fourth-order valence-electron chi connectivity index (χ4n) is 3.86. The van der Waals surface area contributed by atoms with Gasteiger partial charge in [0, 0.05) is 6.20 Å². The lowest BCUT2D eigenvalue weighted by molar-refractivity contribution is -0.154. The van der Waals surface area contributed by atoms with Gasteiger partial charge in [-0.2, -0.15) is 13.2 Å². The predicted octanol–water partition coefficient (Wildman–Crippen LogP) is 2.90. The highest BCUT2D eigenvalue weighted by atomic mass is 32.2. The molecule has 2 heterocycles. The maximum absolute atomic E-state index is 13.2. The van der Waals surface area contributed by atoms with Gasteiger partial charge in [0.25, 0.3) is 15.9 Å². The van der Waals surface area contributed by atoms with Gasteiger partial charge in [-0.25, -0.2) is 18.2 Å². The van der Waals surface area contributed by atoms with Crippen molar-refractivity contribution in [3.63, 3.8) is 0 Å². The number of nitrogens with one attached hydrogen (secondary N) is 1. The summed E-state index contributed by atoms with van der Waals surface area (Å²) in [5, 5.41) is 2.67. The number of fused-ring (bicyclic) bond motifs is 1. The fraction of sp³-hybridized carbons (Fsp3) is 0.409. The molecule has 1 aromatic carbocycles. The van der Waals surface area contributed by atoms with E-state index >= 15 is 0 Å². The molecule has 35 heavy (non-hydrogen) atoms. The number of hydrogen-bond donors (Lipinski definition) is 1. The molecule has 0 atom stereocenters. The highest BCUT2D eigenvalue weighted by molar-refractivity contribution is 7.92. The Labute approximate surface area is 199 Å². The second-order valence-corrected chi connectivity index (χ2v) is 9.97. The number of ether oxygens (including phenoxy) is 2. The molecule has 9 nitrogen and oxygen atoms in total. The van der Waals surface area contributed by atoms with E-state index in [1.165, 1.54) is 12.3 Å². The summed E-state index contributed by atoms with van der Waals surface area (Å²) >= 11 is 0. The van der Waals surface area contributed by atoms with Gasteiger partial charge in [-0.3, -0.25) is 9.10 Å². The number of hydrogen-bond acceptors (Lipinski definition) is 7. The van der Waals surface area contributed by atoms with E-state index in [1.807, 2.05) is 0 Å². The van der Waals surface area contributed by atoms with Crippen LogP contribution >= 0.6 is 0 Å². The van der Waals surface area contributed by atoms with Crippen LogP contribution in [0.2, 0.25) is 0 Å². The maximum atomic E-state index is 13.2. The highest BCUT2D eigenvalue weighted by Crippen LogP contribution is 2.37. The van der Waals surface area contributed by atoms with Crippen molar-refractivity contribution in [3.05, 3.63) is 47.7 Å². The van der Waals surface area contributed by atoms with Crippen molar-refractivity contribution in [1.29, 1.82) is 0 Å². The number of carbonyl (C=O) groups excluding carboxylic acids is 2. The van der Waals surface area contributed by atoms with E-state index < -0.39 is 39.2 Å². The van der Waals surface area contributed by atoms with E-state index in [0.29, 0.717) is 25.0 Å². The molecule has 13 heteroatoms. The molecule has 1 aromatic heterocycles. The Morgan fingerprint density at radius 3 is 2.49 bits per heavy atom. The van der Waals surface area contributed by atoms with Crippen LogP contribution < -0.4 is 14.4 Å². The predicted molar refractivity (Wildman–Crippen MR) is 116 cm³/mol. The first-order valence-electron chi connectivity index (χ1n) is 10.8. The van der Waals surface area contributed by atoms with Crippen molar-refractivity contribution < 1.29 is 40.7 Å². The lowest BCUT2D eigenvalue weighted by Gasteiger charge is -2.39. The second-order valence-electron chi connectivity index (χ2n) is 8.11. The van der Waals surface area contributed by atoms with Crippen LogP contribution in [-0.2, 0) is 25.7 Å². The van der Waals surface area contributed by atoms with Crippen molar-refractivity contribution in [2.75, 3.05) is 24.1 Å². The Bertz CT molecular complexity index is 1240. The zero-order valence-corrected chi connectivity index (χ0v) is 19.4. The minimum atomic E-state index is -4.61. The highest BCUT2D eigenvalue weighted by Gasteiger charge is 2.47. The molecule has 4 rings (SSSR count). The van der Waals surface area contributed by atoms with Crippen LogP contribution in [0.15, 0.2) is 41.4 Å². The average Bonchev–Trinajstić information content (AvgIpc) is 2.80. The molecule has 2 aliphatic rings. The topological polar surface area (TPSA) is 115 Å². The van der Waals surface area contributed by atoms with Crippen molar-refractivity contribution in [1.82, 2.24) is 10.3 Å². The van der Waals surface area contributed by atoms with Crippen LogP contribution in [0.4, 0.5) is 18.9 Å². The van der Waals surface area contributed by atoms with Crippen LogP contribution in [0.1, 0.15) is 42.1 Å². The summed E-state index contributed by atoms with van der Waals surface area (Å²) in [5.74, 6) is -1.24. The third kappa shape index (κ3) is 4.64. The second kappa shape index (κ2) is 9.02. The molecule has 0 bridgehead atoms. The maximum Gasteiger partial charge on any atom is 0.416 e. The van der Waals surface area contributed by atoms with Gasteiger partial charge in [0.05, 0.1) is 29.2 Å². The normalized spacial score (nSPS) is 17.0. The molecule has 1 saturated carbocycles. The van der Waals surface area contributed by atoms with Gasteiger partial charge >= 0.3 is 12.1 Å². The van der Waals surface area contributed by atoms with Crippen LogP contribution in [-0.4, -0.2) is 50.6 Å². The van der Waals surface area contributed by atoms with E-state index in [9.17, 15) is 31.2 Å². The molecule has 1 N–H and O–H groups in total. The number of nitrogens with zero attached hydrogens (tertiary/aromatic N) is 2. The number of halogens is 3. The number of anilines is 1. The Hall–Kier alpha value is -3.35. The summed E-state index contributed by atoms with van der Waals surface area (Å²) < 4.78 is 76.5. The largest absolute Gasteiger partial charge is 0.474 e. The Morgan fingerprint density at radius 1 is 1.23 bits per heavy atom. The SMILES string of the molecule is CCOC(=O)C1(NC(=O)c2cnc3c(c2)N(S(=O)(=O)c2ccc(C(F)(F)F)cc2)CCO3)CCC1. The molecule has 1 aliphatic carbocycles. The number of sulfonamides is 1. The molecule has 0 spiro atoms. The van der Waals surface area contributed by atoms with Crippen LogP contribution in [0.5, 0.6) is 5.88 Å². The first kappa shape index (κ1) is 24.8. The monoisotopic (exact) mass is 513 g/mol. The molecular formula is C22H22F3N3O6S. The number of pyridine rings is 1. The molecule has 1 fully saturated rings. The number of amides is 1. The van der Waals surface area contributed by atoms with E-state index in [-0.39, 0.29) is 41.8 Å². The minimum absolute atomic E-state index is 0.0163. The summed E-state index contributed by atoms with van der Waals surface area (Å²) in [4.78, 5) is 29.0. The van der Waals surface area contributed by atoms with Crippen molar-refractivity contribution in [3.8, 4) is 5.88 Å². The van der Waals surface area contributed by atoms with Gasteiger partial charge in [-0.15, -0.1) is 0 Å². The quantitative estimate of drug-likeness (QED) is 0.591. The van der Waals surface area contributed by atoms with E-state index in [2.05, 4.69) is 10.3 Å². The summed E-state index contributed by atoms with van der Waals surface area (Å²) in [6, 6.07) is 4.37. The molecule has 2 aromatic rings. The number of carbonyl (C=O) groups is 2. The molecule has 1 aliphatic heterocycles. The zero-order chi connectivity index (χ0) is 25.4. The summed E-state index contributed by atoms with van der Waals surface area (Å²) in [5.41, 5.74) is -2.18. The number of benzene rings is 1. The molecule has 0 radical (unpaired) electrons. The van der Waals surface area contributed by atoms with Gasteiger partial charge in [0.1, 0.15) is 17.8 Å². The van der Waals surface area contributed by atoms with Gasteiger partial charge < -0.3 is 14.8 Å². The zero-order valence-electron chi connectivity index (χ0n) is 18.6. The van der Waals surface area contributed by atoms with Gasteiger partial charge in [-0.1, -0.05) is 0 Å². The molecular weight excluding hydrogens is 491 g/mol. The van der Waals surface area contributed by atoms with E-state index in [4.69, 9.17) is 9.47 Å². The number of rotatable bonds is 6. The molecule has 0 unspecified atom stereocenters. The fourth-order valence-corrected chi connectivity index (χ4v) is 5.30. The summed E-state index contributed by atoms with van der Waals surface area (Å²) in [7, 11) is -4.29. The Balaban J connectivity index is 1.63. The van der Waals surface area contributed by atoms with Crippen molar-refractivity contribution in [2.45, 2.75) is 42.8 Å². The summed E-state index contributed by atoms with van der Waals surface area (Å²) in [6.45, 7) is 1.63. The Morgan fingerprint density at radius 2 is 1.91 bits per heavy atom. The van der Waals surface area contributed by atoms with Crippen molar-refractivity contribution in [2.24, 2.45) is 0 Å². The number of aromatic nitrogens is 1.